The van der Waals surface area contributed by atoms with Crippen LogP contribution >= 0.6 is 0 Å². The lowest BCUT2D eigenvalue weighted by Crippen LogP contribution is -2.30. The third-order valence-corrected chi connectivity index (χ3v) is 5.26. The molecule has 1 fully saturated rings. The lowest BCUT2D eigenvalue weighted by atomic mass is 10.00. The third-order valence-electron chi connectivity index (χ3n) is 5.26. The van der Waals surface area contributed by atoms with Gasteiger partial charge in [0.25, 0.3) is 0 Å². The number of likely N-dealkylation sites (tertiary alicyclic amines) is 1. The van der Waals surface area contributed by atoms with Crippen LogP contribution in [0.1, 0.15) is 36.7 Å². The summed E-state index contributed by atoms with van der Waals surface area (Å²) in [5, 5.41) is 25.1. The molecule has 0 aliphatic carbocycles. The summed E-state index contributed by atoms with van der Waals surface area (Å²) in [6.07, 6.45) is 6.19. The number of aliphatic carboxylic acids is 1. The van der Waals surface area contributed by atoms with Crippen molar-refractivity contribution in [3.63, 3.8) is 0 Å². The van der Waals surface area contributed by atoms with Crippen molar-refractivity contribution in [1.82, 2.24) is 39.6 Å². The van der Waals surface area contributed by atoms with Crippen molar-refractivity contribution in [2.75, 3.05) is 19.6 Å². The van der Waals surface area contributed by atoms with Crippen molar-refractivity contribution in [3.8, 4) is 17.2 Å². The number of rotatable bonds is 5. The van der Waals surface area contributed by atoms with Crippen LogP contribution in [0.3, 0.4) is 0 Å². The molecule has 0 bridgehead atoms. The van der Waals surface area contributed by atoms with Gasteiger partial charge in [-0.15, -0.1) is 5.10 Å². The van der Waals surface area contributed by atoms with Crippen LogP contribution in [0.25, 0.3) is 17.2 Å². The average molecular weight is 384 g/mol. The topological polar surface area (TPSA) is 118 Å². The van der Waals surface area contributed by atoms with Crippen LogP contribution in [0.15, 0.2) is 18.5 Å². The van der Waals surface area contributed by atoms with Gasteiger partial charge >= 0.3 is 5.97 Å². The van der Waals surface area contributed by atoms with E-state index in [0.717, 1.165) is 55.3 Å². The summed E-state index contributed by atoms with van der Waals surface area (Å²) < 4.78 is 3.64. The minimum absolute atomic E-state index is 0.0839. The summed E-state index contributed by atoms with van der Waals surface area (Å²) >= 11 is 0. The Kier molecular flexibility index (Phi) is 4.95. The van der Waals surface area contributed by atoms with Gasteiger partial charge < -0.3 is 5.11 Å². The quantitative estimate of drug-likeness (QED) is 0.682. The van der Waals surface area contributed by atoms with E-state index >= 15 is 0 Å². The predicted octanol–water partition coefficient (Wildman–Crippen LogP) is 1.35. The van der Waals surface area contributed by atoms with Gasteiger partial charge in [-0.3, -0.25) is 19.5 Å². The van der Waals surface area contributed by atoms with Crippen molar-refractivity contribution in [2.24, 2.45) is 7.05 Å². The van der Waals surface area contributed by atoms with E-state index in [0.29, 0.717) is 5.82 Å². The number of nitrogens with one attached hydrogen (secondary N) is 1. The lowest BCUT2D eigenvalue weighted by molar-refractivity contribution is -0.138. The largest absolute Gasteiger partial charge is 0.480 e. The van der Waals surface area contributed by atoms with Crippen LogP contribution in [0.2, 0.25) is 0 Å². The lowest BCUT2D eigenvalue weighted by Gasteiger charge is -2.17. The van der Waals surface area contributed by atoms with Crippen LogP contribution in [-0.4, -0.2) is 70.4 Å². The molecular formula is C18H24N8O2. The summed E-state index contributed by atoms with van der Waals surface area (Å²) in [7, 11) is 1.88. The first-order valence-electron chi connectivity index (χ1n) is 9.42. The highest BCUT2D eigenvalue weighted by Crippen LogP contribution is 2.30. The zero-order valence-electron chi connectivity index (χ0n) is 16.0. The van der Waals surface area contributed by atoms with Crippen LogP contribution in [0.4, 0.5) is 0 Å². The minimum Gasteiger partial charge on any atom is -0.480 e. The molecule has 3 aromatic heterocycles. The number of aryl methyl sites for hydroxylation is 2. The zero-order valence-corrected chi connectivity index (χ0v) is 16.0. The van der Waals surface area contributed by atoms with Crippen LogP contribution < -0.4 is 0 Å². The number of hydrogen-bond acceptors (Lipinski definition) is 6. The number of H-pyrrole nitrogens is 1. The number of aromatic nitrogens is 7. The second kappa shape index (κ2) is 7.55. The number of carboxylic acid groups (broad SMARTS) is 1. The smallest absolute Gasteiger partial charge is 0.317 e. The van der Waals surface area contributed by atoms with E-state index in [2.05, 4.69) is 15.3 Å². The molecule has 1 unspecified atom stereocenters. The van der Waals surface area contributed by atoms with Gasteiger partial charge in [0.1, 0.15) is 5.82 Å². The molecule has 0 saturated carbocycles. The van der Waals surface area contributed by atoms with Gasteiger partial charge in [-0.25, -0.2) is 4.98 Å². The van der Waals surface area contributed by atoms with Crippen molar-refractivity contribution in [3.05, 3.63) is 30.0 Å². The molecular weight excluding hydrogens is 360 g/mol. The molecule has 1 aliphatic heterocycles. The molecule has 4 heterocycles. The van der Waals surface area contributed by atoms with Gasteiger partial charge in [0.05, 0.1) is 24.5 Å². The molecule has 0 amide bonds. The zero-order chi connectivity index (χ0) is 19.7. The summed E-state index contributed by atoms with van der Waals surface area (Å²) in [4.78, 5) is 17.9. The molecule has 0 spiro atoms. The molecule has 10 nitrogen and oxygen atoms in total. The third kappa shape index (κ3) is 3.55. The number of carbonyl (C=O) groups is 1. The van der Waals surface area contributed by atoms with E-state index < -0.39 is 5.97 Å². The van der Waals surface area contributed by atoms with E-state index in [-0.39, 0.29) is 12.5 Å². The number of carboxylic acids is 1. The van der Waals surface area contributed by atoms with Crippen molar-refractivity contribution in [2.45, 2.75) is 32.1 Å². The highest BCUT2D eigenvalue weighted by molar-refractivity contribution is 5.69. The fourth-order valence-electron chi connectivity index (χ4n) is 3.79. The van der Waals surface area contributed by atoms with Gasteiger partial charge in [-0.1, -0.05) is 0 Å². The highest BCUT2D eigenvalue weighted by atomic mass is 16.4. The molecule has 148 valence electrons. The maximum atomic E-state index is 11.1. The van der Waals surface area contributed by atoms with Crippen molar-refractivity contribution in [1.29, 1.82) is 0 Å². The molecule has 4 rings (SSSR count). The maximum absolute atomic E-state index is 11.1. The van der Waals surface area contributed by atoms with E-state index in [1.54, 1.807) is 17.1 Å². The van der Waals surface area contributed by atoms with Crippen molar-refractivity contribution >= 4 is 5.97 Å². The molecule has 1 saturated heterocycles. The molecule has 1 aliphatic rings. The minimum atomic E-state index is -0.783. The van der Waals surface area contributed by atoms with Crippen LogP contribution in [0, 0.1) is 6.92 Å². The molecule has 10 heteroatoms. The molecule has 28 heavy (non-hydrogen) atoms. The highest BCUT2D eigenvalue weighted by Gasteiger charge is 2.27. The molecule has 0 radical (unpaired) electrons. The van der Waals surface area contributed by atoms with Crippen LogP contribution in [-0.2, 0) is 11.8 Å². The second-order valence-electron chi connectivity index (χ2n) is 7.22. The van der Waals surface area contributed by atoms with Gasteiger partial charge in [-0.2, -0.15) is 14.9 Å². The summed E-state index contributed by atoms with van der Waals surface area (Å²) in [5.74, 6) is 1.78. The van der Waals surface area contributed by atoms with E-state index in [1.165, 1.54) is 0 Å². The van der Waals surface area contributed by atoms with Gasteiger partial charge in [0.2, 0.25) is 0 Å². The Balaban J connectivity index is 1.69. The van der Waals surface area contributed by atoms with E-state index in [4.69, 9.17) is 15.2 Å². The first kappa shape index (κ1) is 18.4. The predicted molar refractivity (Wildman–Crippen MR) is 101 cm³/mol. The Morgan fingerprint density at radius 2 is 2.21 bits per heavy atom. The molecule has 2 N–H and O–H groups in total. The number of hydrogen-bond donors (Lipinski definition) is 2. The maximum Gasteiger partial charge on any atom is 0.317 e. The Morgan fingerprint density at radius 3 is 2.89 bits per heavy atom. The fourth-order valence-corrected chi connectivity index (χ4v) is 3.79. The van der Waals surface area contributed by atoms with E-state index in [9.17, 15) is 4.79 Å². The van der Waals surface area contributed by atoms with Gasteiger partial charge in [0, 0.05) is 24.7 Å². The normalized spacial score (nSPS) is 18.3. The first-order chi connectivity index (χ1) is 13.5. The van der Waals surface area contributed by atoms with E-state index in [1.807, 2.05) is 29.6 Å². The second-order valence-corrected chi connectivity index (χ2v) is 7.22. The average Bonchev–Trinajstić information content (AvgIpc) is 3.32. The summed E-state index contributed by atoms with van der Waals surface area (Å²) in [6.45, 7) is 3.55. The fraction of sp³-hybridized carbons (Fsp3) is 0.500. The standard InChI is InChI=1S/C18H24N8O2/c1-12-14(10-19-22-12)17-21-18(26(23-17)15-5-7-20-24(15)2)13-4-3-8-25(9-6-13)11-16(27)28/h5,7,10,13H,3-4,6,8-9,11H2,1-2H3,(H,19,22)(H,27,28). The SMILES string of the molecule is Cc1[nH]ncc1-c1nc(C2CCCN(CC(=O)O)CC2)n(-c2ccnn2C)n1. The Labute approximate surface area is 162 Å². The molecule has 0 aromatic carbocycles. The molecule has 3 aromatic rings. The van der Waals surface area contributed by atoms with Gasteiger partial charge in [-0.05, 0) is 39.3 Å². The Morgan fingerprint density at radius 1 is 1.36 bits per heavy atom. The number of aromatic amines is 1. The number of nitrogens with zero attached hydrogens (tertiary/aromatic N) is 7. The van der Waals surface area contributed by atoms with Crippen molar-refractivity contribution < 1.29 is 9.90 Å². The monoisotopic (exact) mass is 384 g/mol. The Hall–Kier alpha value is -3.01. The summed E-state index contributed by atoms with van der Waals surface area (Å²) in [5.41, 5.74) is 1.80. The van der Waals surface area contributed by atoms with Crippen LogP contribution in [0.5, 0.6) is 0 Å². The van der Waals surface area contributed by atoms with Gasteiger partial charge in [0.15, 0.2) is 11.6 Å². The summed E-state index contributed by atoms with van der Waals surface area (Å²) in [6, 6.07) is 1.91. The molecule has 1 atom stereocenters. The first-order valence-corrected chi connectivity index (χ1v) is 9.42. The Bertz CT molecular complexity index is 972.